The van der Waals surface area contributed by atoms with Crippen LogP contribution in [-0.4, -0.2) is 68.6 Å². The molecule has 2 aromatic heterocycles. The number of nitrogens with zero attached hydrogens (tertiary/aromatic N) is 5. The van der Waals surface area contributed by atoms with Gasteiger partial charge in [0, 0.05) is 43.0 Å². The predicted octanol–water partition coefficient (Wildman–Crippen LogP) is 2.37. The lowest BCUT2D eigenvalue weighted by Gasteiger charge is -2.39. The van der Waals surface area contributed by atoms with E-state index in [-0.39, 0.29) is 34.1 Å². The Morgan fingerprint density at radius 3 is 2.51 bits per heavy atom. The van der Waals surface area contributed by atoms with Crippen molar-refractivity contribution in [2.75, 3.05) is 30.3 Å². The molecule has 0 saturated carbocycles. The highest BCUT2D eigenvalue weighted by atomic mass is 19.4. The molecule has 1 spiro atoms. The number of carbonyl (C=O) groups excluding carboxylic acids is 1. The van der Waals surface area contributed by atoms with E-state index in [0.717, 1.165) is 6.07 Å². The Bertz CT molecular complexity index is 1470. The fourth-order valence-electron chi connectivity index (χ4n) is 5.43. The zero-order valence-corrected chi connectivity index (χ0v) is 22.1. The molecule has 2 saturated heterocycles. The summed E-state index contributed by atoms with van der Waals surface area (Å²) in [6, 6.07) is 5.85. The number of piperidine rings is 1. The van der Waals surface area contributed by atoms with E-state index in [4.69, 9.17) is 16.2 Å². The molecule has 5 rings (SSSR count). The Balaban J connectivity index is 1.43. The number of primary amides is 1. The van der Waals surface area contributed by atoms with E-state index in [1.54, 1.807) is 13.0 Å². The molecule has 2 atom stereocenters. The number of alkyl halides is 3. The van der Waals surface area contributed by atoms with Crippen molar-refractivity contribution in [1.82, 2.24) is 25.1 Å². The van der Waals surface area contributed by atoms with Gasteiger partial charge in [0.15, 0.2) is 0 Å². The molecule has 3 aromatic rings. The minimum Gasteiger partial charge on any atom is -0.480 e. The van der Waals surface area contributed by atoms with Crippen LogP contribution in [0.2, 0.25) is 0 Å². The number of rotatable bonds is 7. The molecule has 0 aliphatic carbocycles. The summed E-state index contributed by atoms with van der Waals surface area (Å²) in [4.78, 5) is 33.1. The number of aliphatic carboxylic acids is 1. The van der Waals surface area contributed by atoms with Crippen molar-refractivity contribution in [3.05, 3.63) is 53.3 Å². The third-order valence-corrected chi connectivity index (χ3v) is 7.62. The predicted molar refractivity (Wildman–Crippen MR) is 141 cm³/mol. The van der Waals surface area contributed by atoms with E-state index >= 15 is 0 Å². The molecule has 41 heavy (non-hydrogen) atoms. The fourth-order valence-corrected chi connectivity index (χ4v) is 5.43. The lowest BCUT2D eigenvalue weighted by molar-refractivity contribution is -0.198. The minimum atomic E-state index is -4.89. The Hall–Kier alpha value is -4.40. The van der Waals surface area contributed by atoms with Gasteiger partial charge in [-0.15, -0.1) is 0 Å². The van der Waals surface area contributed by atoms with Gasteiger partial charge in [-0.1, -0.05) is 6.07 Å². The Kier molecular flexibility index (Phi) is 7.23. The van der Waals surface area contributed by atoms with Crippen LogP contribution >= 0.6 is 0 Å². The normalized spacial score (nSPS) is 19.3. The lowest BCUT2D eigenvalue weighted by atomic mass is 9.76. The number of carboxylic acids is 1. The van der Waals surface area contributed by atoms with Crippen molar-refractivity contribution in [3.63, 3.8) is 0 Å². The van der Waals surface area contributed by atoms with Gasteiger partial charge in [-0.05, 0) is 49.8 Å². The van der Waals surface area contributed by atoms with E-state index in [0.29, 0.717) is 50.4 Å². The summed E-state index contributed by atoms with van der Waals surface area (Å²) in [6.07, 6.45) is -4.06. The molecule has 12 nitrogen and oxygen atoms in total. The highest BCUT2D eigenvalue weighted by molar-refractivity contribution is 5.93. The molecule has 0 bridgehead atoms. The van der Waals surface area contributed by atoms with Crippen molar-refractivity contribution in [3.8, 4) is 11.6 Å². The van der Waals surface area contributed by atoms with E-state index in [9.17, 15) is 27.9 Å². The number of nitrogens with one attached hydrogen (secondary N) is 1. The fraction of sp³-hybridized carbons (Fsp3) is 0.423. The molecule has 15 heteroatoms. The van der Waals surface area contributed by atoms with Gasteiger partial charge in [0.25, 0.3) is 0 Å². The van der Waals surface area contributed by atoms with E-state index < -0.39 is 30.2 Å². The van der Waals surface area contributed by atoms with Crippen molar-refractivity contribution >= 4 is 23.6 Å². The van der Waals surface area contributed by atoms with Gasteiger partial charge in [-0.3, -0.25) is 9.59 Å². The van der Waals surface area contributed by atoms with Crippen molar-refractivity contribution in [2.45, 2.75) is 44.5 Å². The average Bonchev–Trinajstić information content (AvgIpc) is 3.53. The van der Waals surface area contributed by atoms with Gasteiger partial charge >= 0.3 is 12.1 Å². The van der Waals surface area contributed by atoms with Crippen LogP contribution in [0.1, 0.15) is 47.0 Å². The monoisotopic (exact) mass is 574 g/mol. The Morgan fingerprint density at radius 2 is 1.93 bits per heavy atom. The molecule has 2 fully saturated rings. The number of benzene rings is 1. The molecule has 218 valence electrons. The van der Waals surface area contributed by atoms with Crippen LogP contribution in [0, 0.1) is 12.3 Å². The van der Waals surface area contributed by atoms with Gasteiger partial charge in [0.1, 0.15) is 11.9 Å². The first-order valence-corrected chi connectivity index (χ1v) is 12.9. The van der Waals surface area contributed by atoms with Crippen molar-refractivity contribution in [2.24, 2.45) is 11.1 Å². The van der Waals surface area contributed by atoms with Crippen molar-refractivity contribution in [1.29, 1.82) is 0 Å². The quantitative estimate of drug-likeness (QED) is 0.328. The molecular weight excluding hydrogens is 545 g/mol. The van der Waals surface area contributed by atoms with Crippen LogP contribution in [0.25, 0.3) is 5.69 Å². The minimum absolute atomic E-state index is 0.00130. The number of carbonyl (C=O) groups is 2. The van der Waals surface area contributed by atoms with E-state index in [2.05, 4.69) is 20.4 Å². The van der Waals surface area contributed by atoms with Crippen LogP contribution in [0.15, 0.2) is 36.5 Å². The summed E-state index contributed by atoms with van der Waals surface area (Å²) in [5.41, 5.74) is 11.3. The Morgan fingerprint density at radius 1 is 1.20 bits per heavy atom. The third-order valence-electron chi connectivity index (χ3n) is 7.62. The summed E-state index contributed by atoms with van der Waals surface area (Å²) in [5.74, 6) is -2.04. The maximum Gasteiger partial charge on any atom is 0.429 e. The number of hydrogen-bond acceptors (Lipinski definition) is 9. The van der Waals surface area contributed by atoms with Gasteiger partial charge in [-0.2, -0.15) is 28.2 Å². The number of aryl methyl sites for hydroxylation is 1. The van der Waals surface area contributed by atoms with Gasteiger partial charge < -0.3 is 31.5 Å². The molecule has 0 radical (unpaired) electrons. The van der Waals surface area contributed by atoms with Crippen LogP contribution in [0.3, 0.4) is 0 Å². The summed E-state index contributed by atoms with van der Waals surface area (Å²) < 4.78 is 50.1. The Labute approximate surface area is 232 Å². The number of ether oxygens (including phenoxy) is 1. The topological polar surface area (TPSA) is 175 Å². The third kappa shape index (κ3) is 5.89. The largest absolute Gasteiger partial charge is 0.480 e. The standard InChI is InChI=1S/C26H29F3N8O4/c1-14-4-7-37(35-14)18-10-15(22(30)38)2-3-16(18)21(26(27,28)29)41-20-11-19(33-24(31)34-20)36-8-5-25(6-9-36)12-17(23(39)40)32-13-25/h2-4,7,10-11,17,21,32H,5-6,8-9,12-13H2,1H3,(H2,30,38)(H,39,40)(H2,31,33,34)/t17?,21-/m1/s1. The molecule has 2 aliphatic rings. The zero-order valence-electron chi connectivity index (χ0n) is 22.1. The van der Waals surface area contributed by atoms with E-state index in [1.165, 1.54) is 29.1 Å². The number of hydrogen-bond donors (Lipinski definition) is 4. The van der Waals surface area contributed by atoms with Gasteiger partial charge in [0.05, 0.1) is 11.4 Å². The number of anilines is 2. The van der Waals surface area contributed by atoms with Gasteiger partial charge in [-0.25, -0.2) is 4.68 Å². The number of carboxylic acid groups (broad SMARTS) is 1. The summed E-state index contributed by atoms with van der Waals surface area (Å²) in [7, 11) is 0. The number of amides is 1. The van der Waals surface area contributed by atoms with Crippen molar-refractivity contribution < 1.29 is 32.6 Å². The molecule has 4 heterocycles. The molecule has 6 N–H and O–H groups in total. The lowest BCUT2D eigenvalue weighted by Crippen LogP contribution is -2.41. The first-order chi connectivity index (χ1) is 19.3. The summed E-state index contributed by atoms with van der Waals surface area (Å²) in [6.45, 7) is 3.26. The SMILES string of the molecule is Cc1ccn(-c2cc(C(N)=O)ccc2[C@@H](Oc2cc(N3CCC4(CC3)CNC(C(=O)O)C4)nc(N)n2)C(F)(F)F)n1. The smallest absolute Gasteiger partial charge is 0.429 e. The molecular formula is C26H29F3N8O4. The zero-order chi connectivity index (χ0) is 29.5. The summed E-state index contributed by atoms with van der Waals surface area (Å²) >= 11 is 0. The van der Waals surface area contributed by atoms with E-state index in [1.807, 2.05) is 4.90 Å². The van der Waals surface area contributed by atoms with Gasteiger partial charge in [0.2, 0.25) is 23.8 Å². The number of halogens is 3. The second-order valence-electron chi connectivity index (χ2n) is 10.5. The second-order valence-corrected chi connectivity index (χ2v) is 10.5. The number of nitrogens with two attached hydrogens (primary N) is 2. The van der Waals surface area contributed by atoms with Crippen LogP contribution in [-0.2, 0) is 4.79 Å². The highest BCUT2D eigenvalue weighted by Crippen LogP contribution is 2.42. The molecule has 1 unspecified atom stereocenters. The average molecular weight is 575 g/mol. The molecule has 2 aliphatic heterocycles. The van der Waals surface area contributed by atoms with Crippen LogP contribution in [0.5, 0.6) is 5.88 Å². The number of nitrogen functional groups attached to an aromatic ring is 1. The first-order valence-electron chi connectivity index (χ1n) is 12.9. The first kappa shape index (κ1) is 28.1. The number of aromatic nitrogens is 4. The highest BCUT2D eigenvalue weighted by Gasteiger charge is 2.46. The maximum absolute atomic E-state index is 14.5. The van der Waals surface area contributed by atoms with Crippen LogP contribution in [0.4, 0.5) is 24.9 Å². The molecule has 1 aromatic carbocycles. The maximum atomic E-state index is 14.5. The van der Waals surface area contributed by atoms with Crippen LogP contribution < -0.4 is 26.4 Å². The molecule has 1 amide bonds. The second kappa shape index (κ2) is 10.5. The summed E-state index contributed by atoms with van der Waals surface area (Å²) in [5, 5.41) is 16.6.